The maximum Gasteiger partial charge on any atom is 0.00579 e. The first-order valence-corrected chi connectivity index (χ1v) is 7.09. The minimum Gasteiger partial charge on any atom is -0.316 e. The molecule has 2 nitrogen and oxygen atoms in total. The van der Waals surface area contributed by atoms with E-state index in [0.29, 0.717) is 0 Å². The summed E-state index contributed by atoms with van der Waals surface area (Å²) in [6.45, 7) is 8.57. The molecule has 1 aliphatic heterocycles. The van der Waals surface area contributed by atoms with Gasteiger partial charge < -0.3 is 10.2 Å². The standard InChI is InChI=1S/C11H24N2S/c1-2-14-11-7-12-6-5-10-13-8-3-4-9-13/h12H,2-11H2,1H3. The lowest BCUT2D eigenvalue weighted by Crippen LogP contribution is -2.25. The van der Waals surface area contributed by atoms with Crippen molar-refractivity contribution in [1.82, 2.24) is 10.2 Å². The molecule has 0 aromatic rings. The van der Waals surface area contributed by atoms with Crippen molar-refractivity contribution in [2.24, 2.45) is 0 Å². The summed E-state index contributed by atoms with van der Waals surface area (Å²) in [5.74, 6) is 2.51. The normalized spacial score (nSPS) is 17.8. The average molecular weight is 216 g/mol. The molecule has 0 bridgehead atoms. The van der Waals surface area contributed by atoms with Crippen molar-refractivity contribution in [3.8, 4) is 0 Å². The first-order valence-electron chi connectivity index (χ1n) is 5.94. The monoisotopic (exact) mass is 216 g/mol. The molecule has 0 radical (unpaired) electrons. The summed E-state index contributed by atoms with van der Waals surface area (Å²) in [5.41, 5.74) is 0. The summed E-state index contributed by atoms with van der Waals surface area (Å²) in [4.78, 5) is 2.59. The van der Waals surface area contributed by atoms with Gasteiger partial charge in [0, 0.05) is 12.3 Å². The van der Waals surface area contributed by atoms with E-state index in [9.17, 15) is 0 Å². The van der Waals surface area contributed by atoms with Gasteiger partial charge in [0.15, 0.2) is 0 Å². The van der Waals surface area contributed by atoms with Crippen molar-refractivity contribution in [3.05, 3.63) is 0 Å². The third-order valence-electron chi connectivity index (χ3n) is 2.65. The van der Waals surface area contributed by atoms with Gasteiger partial charge in [-0.05, 0) is 51.2 Å². The van der Waals surface area contributed by atoms with Gasteiger partial charge in [-0.15, -0.1) is 0 Å². The van der Waals surface area contributed by atoms with Crippen LogP contribution in [0.4, 0.5) is 0 Å². The number of thioether (sulfide) groups is 1. The van der Waals surface area contributed by atoms with E-state index in [1.54, 1.807) is 0 Å². The molecule has 0 spiro atoms. The van der Waals surface area contributed by atoms with E-state index >= 15 is 0 Å². The second kappa shape index (κ2) is 8.57. The zero-order valence-electron chi connectivity index (χ0n) is 9.43. The molecular weight excluding hydrogens is 192 g/mol. The lowest BCUT2D eigenvalue weighted by Gasteiger charge is -2.14. The van der Waals surface area contributed by atoms with Crippen LogP contribution >= 0.6 is 11.8 Å². The molecule has 1 N–H and O–H groups in total. The van der Waals surface area contributed by atoms with Gasteiger partial charge in [0.1, 0.15) is 0 Å². The molecule has 1 fully saturated rings. The van der Waals surface area contributed by atoms with Gasteiger partial charge in [0.2, 0.25) is 0 Å². The Hall–Kier alpha value is 0.270. The number of nitrogens with one attached hydrogen (secondary N) is 1. The molecule has 0 aromatic carbocycles. The molecular formula is C11H24N2S. The number of hydrogen-bond donors (Lipinski definition) is 1. The van der Waals surface area contributed by atoms with E-state index in [2.05, 4.69) is 17.1 Å². The fourth-order valence-corrected chi connectivity index (χ4v) is 2.42. The van der Waals surface area contributed by atoms with Crippen molar-refractivity contribution in [2.45, 2.75) is 26.2 Å². The second-order valence-corrected chi connectivity index (χ2v) is 5.24. The van der Waals surface area contributed by atoms with Gasteiger partial charge in [0.05, 0.1) is 0 Å². The SMILES string of the molecule is CCSCCNCCCN1CCCC1. The molecule has 1 aliphatic rings. The maximum atomic E-state index is 3.50. The summed E-state index contributed by atoms with van der Waals surface area (Å²) >= 11 is 2.02. The molecule has 1 heterocycles. The van der Waals surface area contributed by atoms with Crippen LogP contribution in [0.1, 0.15) is 26.2 Å². The summed E-state index contributed by atoms with van der Waals surface area (Å²) in [6, 6.07) is 0. The molecule has 14 heavy (non-hydrogen) atoms. The van der Waals surface area contributed by atoms with Crippen LogP contribution < -0.4 is 5.32 Å². The predicted octanol–water partition coefficient (Wildman–Crippen LogP) is 1.81. The van der Waals surface area contributed by atoms with Crippen molar-refractivity contribution < 1.29 is 0 Å². The van der Waals surface area contributed by atoms with E-state index < -0.39 is 0 Å². The second-order valence-electron chi connectivity index (χ2n) is 3.85. The largest absolute Gasteiger partial charge is 0.316 e. The maximum absolute atomic E-state index is 3.50. The predicted molar refractivity (Wildman–Crippen MR) is 66.2 cm³/mol. The quantitative estimate of drug-likeness (QED) is 0.623. The molecule has 0 atom stereocenters. The summed E-state index contributed by atoms with van der Waals surface area (Å²) in [5, 5.41) is 3.50. The van der Waals surface area contributed by atoms with Crippen molar-refractivity contribution in [2.75, 3.05) is 44.2 Å². The minimum atomic E-state index is 1.18. The Kier molecular flexibility index (Phi) is 7.55. The lowest BCUT2D eigenvalue weighted by molar-refractivity contribution is 0.331. The minimum absolute atomic E-state index is 1.18. The van der Waals surface area contributed by atoms with E-state index in [1.807, 2.05) is 11.8 Å². The van der Waals surface area contributed by atoms with Crippen LogP contribution in [0.3, 0.4) is 0 Å². The highest BCUT2D eigenvalue weighted by Gasteiger charge is 2.09. The molecule has 1 saturated heterocycles. The van der Waals surface area contributed by atoms with Gasteiger partial charge in [-0.3, -0.25) is 0 Å². The van der Waals surface area contributed by atoms with Crippen molar-refractivity contribution >= 4 is 11.8 Å². The van der Waals surface area contributed by atoms with Gasteiger partial charge in [-0.25, -0.2) is 0 Å². The smallest absolute Gasteiger partial charge is 0.00579 e. The zero-order chi connectivity index (χ0) is 10.1. The molecule has 0 saturated carbocycles. The van der Waals surface area contributed by atoms with Crippen LogP contribution in [0.25, 0.3) is 0 Å². The Morgan fingerprint density at radius 2 is 2.00 bits per heavy atom. The van der Waals surface area contributed by atoms with E-state index in [0.717, 1.165) is 0 Å². The van der Waals surface area contributed by atoms with Crippen LogP contribution in [0.2, 0.25) is 0 Å². The van der Waals surface area contributed by atoms with Gasteiger partial charge in [-0.2, -0.15) is 11.8 Å². The molecule has 3 heteroatoms. The Balaban J connectivity index is 1.75. The topological polar surface area (TPSA) is 15.3 Å². The highest BCUT2D eigenvalue weighted by Crippen LogP contribution is 2.06. The van der Waals surface area contributed by atoms with Crippen LogP contribution in [-0.2, 0) is 0 Å². The van der Waals surface area contributed by atoms with E-state index in [-0.39, 0.29) is 0 Å². The van der Waals surface area contributed by atoms with Gasteiger partial charge >= 0.3 is 0 Å². The molecule has 0 unspecified atom stereocenters. The molecule has 84 valence electrons. The first-order chi connectivity index (χ1) is 6.93. The van der Waals surface area contributed by atoms with Gasteiger partial charge in [-0.1, -0.05) is 6.92 Å². The van der Waals surface area contributed by atoms with Gasteiger partial charge in [0.25, 0.3) is 0 Å². The number of rotatable bonds is 8. The third-order valence-corrected chi connectivity index (χ3v) is 3.55. The summed E-state index contributed by atoms with van der Waals surface area (Å²) in [6.07, 6.45) is 4.15. The fraction of sp³-hybridized carbons (Fsp3) is 1.00. The number of hydrogen-bond acceptors (Lipinski definition) is 3. The lowest BCUT2D eigenvalue weighted by atomic mass is 10.4. The zero-order valence-corrected chi connectivity index (χ0v) is 10.2. The summed E-state index contributed by atoms with van der Waals surface area (Å²) in [7, 11) is 0. The highest BCUT2D eigenvalue weighted by molar-refractivity contribution is 7.99. The van der Waals surface area contributed by atoms with Crippen LogP contribution in [0.5, 0.6) is 0 Å². The first kappa shape index (κ1) is 12.3. The van der Waals surface area contributed by atoms with E-state index in [1.165, 1.54) is 63.5 Å². The van der Waals surface area contributed by atoms with E-state index in [4.69, 9.17) is 0 Å². The Morgan fingerprint density at radius 3 is 2.71 bits per heavy atom. The molecule has 0 amide bonds. The Labute approximate surface area is 92.8 Å². The average Bonchev–Trinajstić information content (AvgIpc) is 2.69. The number of nitrogens with zero attached hydrogens (tertiary/aromatic N) is 1. The molecule has 0 aliphatic carbocycles. The molecule has 0 aromatic heterocycles. The van der Waals surface area contributed by atoms with Crippen LogP contribution in [0.15, 0.2) is 0 Å². The third kappa shape index (κ3) is 5.89. The molecule has 1 rings (SSSR count). The number of likely N-dealkylation sites (tertiary alicyclic amines) is 1. The van der Waals surface area contributed by atoms with Crippen LogP contribution in [-0.4, -0.2) is 49.1 Å². The Bertz CT molecular complexity index is 124. The van der Waals surface area contributed by atoms with Crippen LogP contribution in [0, 0.1) is 0 Å². The highest BCUT2D eigenvalue weighted by atomic mass is 32.2. The summed E-state index contributed by atoms with van der Waals surface area (Å²) < 4.78 is 0. The Morgan fingerprint density at radius 1 is 1.21 bits per heavy atom. The fourth-order valence-electron chi connectivity index (χ4n) is 1.85. The van der Waals surface area contributed by atoms with Crippen molar-refractivity contribution in [3.63, 3.8) is 0 Å². The van der Waals surface area contributed by atoms with Crippen molar-refractivity contribution in [1.29, 1.82) is 0 Å².